The Morgan fingerprint density at radius 3 is 2.72 bits per heavy atom. The number of benzene rings is 1. The first kappa shape index (κ1) is 13.0. The Balaban J connectivity index is 2.40. The fourth-order valence-corrected chi connectivity index (χ4v) is 3.47. The quantitative estimate of drug-likeness (QED) is 0.905. The van der Waals surface area contributed by atoms with Gasteiger partial charge in [-0.1, -0.05) is 0 Å². The van der Waals surface area contributed by atoms with E-state index in [9.17, 15) is 12.8 Å². The smallest absolute Gasteiger partial charge is 0.263 e. The summed E-state index contributed by atoms with van der Waals surface area (Å²) in [6.07, 6.45) is 1.50. The topological polar surface area (TPSA) is 74.8 Å². The third-order valence-electron chi connectivity index (χ3n) is 2.25. The molecule has 2 rings (SSSR count). The monoisotopic (exact) mass is 333 g/mol. The Kier molecular flexibility index (Phi) is 3.40. The summed E-state index contributed by atoms with van der Waals surface area (Å²) in [7, 11) is -3.79. The molecule has 0 fully saturated rings. The number of nitrogens with one attached hydrogen (secondary N) is 2. The van der Waals surface area contributed by atoms with Gasteiger partial charge in [-0.3, -0.25) is 9.82 Å². The first-order valence-corrected chi connectivity index (χ1v) is 7.15. The molecule has 0 saturated carbocycles. The Morgan fingerprint density at radius 2 is 2.17 bits per heavy atom. The van der Waals surface area contributed by atoms with Gasteiger partial charge in [0.2, 0.25) is 0 Å². The number of anilines is 1. The lowest BCUT2D eigenvalue weighted by Gasteiger charge is -2.08. The second-order valence-electron chi connectivity index (χ2n) is 3.61. The van der Waals surface area contributed by atoms with Crippen molar-refractivity contribution in [3.05, 3.63) is 40.2 Å². The van der Waals surface area contributed by atoms with Gasteiger partial charge in [0.1, 0.15) is 16.5 Å². The maximum Gasteiger partial charge on any atom is 0.264 e. The van der Waals surface area contributed by atoms with Gasteiger partial charge in [-0.05, 0) is 41.1 Å². The van der Waals surface area contributed by atoms with E-state index < -0.39 is 15.8 Å². The molecule has 0 saturated heterocycles. The summed E-state index contributed by atoms with van der Waals surface area (Å²) in [5, 5.41) is 6.24. The van der Waals surface area contributed by atoms with E-state index in [1.54, 1.807) is 6.92 Å². The summed E-state index contributed by atoms with van der Waals surface area (Å²) in [6, 6.07) is 3.36. The van der Waals surface area contributed by atoms with Crippen LogP contribution in [0, 0.1) is 12.7 Å². The third kappa shape index (κ3) is 2.54. The molecule has 0 aliphatic carbocycles. The van der Waals surface area contributed by atoms with E-state index in [1.165, 1.54) is 12.3 Å². The number of aryl methyl sites for hydroxylation is 1. The molecule has 18 heavy (non-hydrogen) atoms. The second-order valence-corrected chi connectivity index (χ2v) is 6.11. The molecule has 0 unspecified atom stereocenters. The zero-order valence-electron chi connectivity index (χ0n) is 9.24. The first-order chi connectivity index (χ1) is 8.40. The molecule has 8 heteroatoms. The minimum atomic E-state index is -3.79. The Bertz CT molecular complexity index is 684. The van der Waals surface area contributed by atoms with Gasteiger partial charge in [-0.15, -0.1) is 0 Å². The molecule has 96 valence electrons. The van der Waals surface area contributed by atoms with Crippen molar-refractivity contribution in [2.24, 2.45) is 0 Å². The van der Waals surface area contributed by atoms with Gasteiger partial charge < -0.3 is 0 Å². The lowest BCUT2D eigenvalue weighted by Crippen LogP contribution is -2.14. The molecule has 1 heterocycles. The van der Waals surface area contributed by atoms with Crippen molar-refractivity contribution in [3.63, 3.8) is 0 Å². The fraction of sp³-hybridized carbons (Fsp3) is 0.100. The third-order valence-corrected chi connectivity index (χ3v) is 4.58. The number of sulfonamides is 1. The van der Waals surface area contributed by atoms with Gasteiger partial charge in [0, 0.05) is 10.0 Å². The van der Waals surface area contributed by atoms with Crippen LogP contribution in [-0.4, -0.2) is 18.6 Å². The van der Waals surface area contributed by atoms with E-state index in [0.717, 1.165) is 12.1 Å². The summed E-state index contributed by atoms with van der Waals surface area (Å²) in [5.74, 6) is -0.232. The molecule has 0 bridgehead atoms. The van der Waals surface area contributed by atoms with Crippen LogP contribution >= 0.6 is 15.9 Å². The predicted octanol–water partition coefficient (Wildman–Crippen LogP) is 2.42. The lowest BCUT2D eigenvalue weighted by atomic mass is 10.3. The van der Waals surface area contributed by atoms with Crippen molar-refractivity contribution in [3.8, 4) is 0 Å². The van der Waals surface area contributed by atoms with Gasteiger partial charge >= 0.3 is 0 Å². The van der Waals surface area contributed by atoms with E-state index in [2.05, 4.69) is 30.8 Å². The van der Waals surface area contributed by atoms with Gasteiger partial charge in [-0.25, -0.2) is 12.8 Å². The lowest BCUT2D eigenvalue weighted by molar-refractivity contribution is 0.598. The van der Waals surface area contributed by atoms with Crippen molar-refractivity contribution < 1.29 is 12.8 Å². The molecular formula is C10H9BrFN3O2S. The standard InChI is InChI=1S/C10H9BrFN3O2S/c1-6-5-13-14-10(6)15-18(16,17)9-3-2-7(12)4-8(9)11/h2-5H,1H3,(H2,13,14,15). The number of aromatic amines is 1. The fourth-order valence-electron chi connectivity index (χ4n) is 1.33. The van der Waals surface area contributed by atoms with Gasteiger partial charge in [-0.2, -0.15) is 5.10 Å². The zero-order valence-corrected chi connectivity index (χ0v) is 11.6. The molecule has 0 radical (unpaired) electrons. The Labute approximate surface area is 112 Å². The van der Waals surface area contributed by atoms with Crippen molar-refractivity contribution in [2.45, 2.75) is 11.8 Å². The summed E-state index contributed by atoms with van der Waals surface area (Å²) in [5.41, 5.74) is 0.664. The van der Waals surface area contributed by atoms with Gasteiger partial charge in [0.25, 0.3) is 10.0 Å². The number of halogens is 2. The predicted molar refractivity (Wildman–Crippen MR) is 68.2 cm³/mol. The molecule has 5 nitrogen and oxygen atoms in total. The minimum Gasteiger partial charge on any atom is -0.263 e. The van der Waals surface area contributed by atoms with Crippen LogP contribution in [0.1, 0.15) is 5.56 Å². The zero-order chi connectivity index (χ0) is 13.3. The molecule has 0 spiro atoms. The van der Waals surface area contributed by atoms with E-state index >= 15 is 0 Å². The number of hydrogen-bond donors (Lipinski definition) is 2. The molecule has 0 aliphatic rings. The molecule has 0 aliphatic heterocycles. The molecular weight excluding hydrogens is 325 g/mol. The highest BCUT2D eigenvalue weighted by Crippen LogP contribution is 2.25. The van der Waals surface area contributed by atoms with Crippen molar-refractivity contribution in [1.82, 2.24) is 10.2 Å². The SMILES string of the molecule is Cc1cn[nH]c1NS(=O)(=O)c1ccc(F)cc1Br. The summed E-state index contributed by atoms with van der Waals surface area (Å²) in [6.45, 7) is 1.71. The number of rotatable bonds is 3. The maximum atomic E-state index is 12.9. The second kappa shape index (κ2) is 4.69. The summed E-state index contributed by atoms with van der Waals surface area (Å²) in [4.78, 5) is -0.0436. The van der Waals surface area contributed by atoms with Crippen molar-refractivity contribution in [2.75, 3.05) is 4.72 Å². The highest BCUT2D eigenvalue weighted by Gasteiger charge is 2.19. The van der Waals surface area contributed by atoms with Crippen LogP contribution < -0.4 is 4.72 Å². The average molecular weight is 334 g/mol. The van der Waals surface area contributed by atoms with Crippen LogP contribution in [0.2, 0.25) is 0 Å². The minimum absolute atomic E-state index is 0.0436. The first-order valence-electron chi connectivity index (χ1n) is 4.88. The largest absolute Gasteiger partial charge is 0.264 e. The van der Waals surface area contributed by atoms with Gasteiger partial charge in [0.15, 0.2) is 0 Å². The van der Waals surface area contributed by atoms with Crippen LogP contribution in [-0.2, 0) is 10.0 Å². The van der Waals surface area contributed by atoms with E-state index in [0.29, 0.717) is 5.56 Å². The van der Waals surface area contributed by atoms with Crippen LogP contribution in [0.5, 0.6) is 0 Å². The normalized spacial score (nSPS) is 11.5. The molecule has 1 aromatic heterocycles. The van der Waals surface area contributed by atoms with E-state index in [-0.39, 0.29) is 15.2 Å². The van der Waals surface area contributed by atoms with Crippen molar-refractivity contribution >= 4 is 31.8 Å². The summed E-state index contributed by atoms with van der Waals surface area (Å²) >= 11 is 3.02. The van der Waals surface area contributed by atoms with E-state index in [1.807, 2.05) is 0 Å². The molecule has 2 aromatic rings. The molecule has 1 aromatic carbocycles. The Morgan fingerprint density at radius 1 is 1.44 bits per heavy atom. The highest BCUT2D eigenvalue weighted by molar-refractivity contribution is 9.10. The number of hydrogen-bond acceptors (Lipinski definition) is 3. The Hall–Kier alpha value is -1.41. The number of H-pyrrole nitrogens is 1. The molecule has 0 atom stereocenters. The van der Waals surface area contributed by atoms with Crippen LogP contribution in [0.15, 0.2) is 33.8 Å². The van der Waals surface area contributed by atoms with Crippen molar-refractivity contribution in [1.29, 1.82) is 0 Å². The van der Waals surface area contributed by atoms with Gasteiger partial charge in [0.05, 0.1) is 6.20 Å². The highest BCUT2D eigenvalue weighted by atomic mass is 79.9. The van der Waals surface area contributed by atoms with Crippen LogP contribution in [0.25, 0.3) is 0 Å². The number of aromatic nitrogens is 2. The molecule has 2 N–H and O–H groups in total. The number of nitrogens with zero attached hydrogens (tertiary/aromatic N) is 1. The van der Waals surface area contributed by atoms with Crippen LogP contribution in [0.4, 0.5) is 10.2 Å². The van der Waals surface area contributed by atoms with E-state index in [4.69, 9.17) is 0 Å². The summed E-state index contributed by atoms with van der Waals surface area (Å²) < 4.78 is 39.6. The average Bonchev–Trinajstić information content (AvgIpc) is 2.63. The maximum absolute atomic E-state index is 12.9. The van der Waals surface area contributed by atoms with Crippen LogP contribution in [0.3, 0.4) is 0 Å². The molecule has 0 amide bonds.